The van der Waals surface area contributed by atoms with Crippen molar-refractivity contribution in [1.82, 2.24) is 0 Å². The van der Waals surface area contributed by atoms with Crippen LogP contribution in [0.5, 0.6) is 0 Å². The van der Waals surface area contributed by atoms with Crippen molar-refractivity contribution in [2.24, 2.45) is 0 Å². The number of sulfone groups is 1. The first-order chi connectivity index (χ1) is 9.46. The Balaban J connectivity index is 2.08. The number of carbonyl (C=O) groups is 1. The van der Waals surface area contributed by atoms with E-state index in [1.54, 1.807) is 48.5 Å². The molecule has 2 rings (SSSR count). The predicted octanol–water partition coefficient (Wildman–Crippen LogP) is 3.25. The number of halogens is 1. The summed E-state index contributed by atoms with van der Waals surface area (Å²) in [5.41, 5.74) is 1.10. The molecule has 5 heteroatoms. The molecule has 0 saturated heterocycles. The summed E-state index contributed by atoms with van der Waals surface area (Å²) in [6.45, 7) is 0. The van der Waals surface area contributed by atoms with Gasteiger partial charge in [-0.3, -0.25) is 4.79 Å². The highest BCUT2D eigenvalue weighted by atomic mass is 79.9. The fourth-order valence-electron chi connectivity index (χ4n) is 1.80. The second-order valence-electron chi connectivity index (χ2n) is 4.45. The van der Waals surface area contributed by atoms with Crippen LogP contribution >= 0.6 is 15.9 Å². The summed E-state index contributed by atoms with van der Waals surface area (Å²) >= 11 is 3.27. The Morgan fingerprint density at radius 1 is 0.950 bits per heavy atom. The summed E-state index contributed by atoms with van der Waals surface area (Å²) in [5, 5.41) is 0. The third-order valence-corrected chi connectivity index (χ3v) is 4.75. The molecular formula is C15H13BrO3S. The molecule has 0 aliphatic rings. The SMILES string of the molecule is O=C(CS(=O)(=O)Cc1ccccc1)c1ccc(Br)cc1. The van der Waals surface area contributed by atoms with Crippen molar-refractivity contribution in [3.05, 3.63) is 70.2 Å². The van der Waals surface area contributed by atoms with Crippen molar-refractivity contribution < 1.29 is 13.2 Å². The lowest BCUT2D eigenvalue weighted by Gasteiger charge is -2.04. The molecule has 0 heterocycles. The first-order valence-corrected chi connectivity index (χ1v) is 8.61. The van der Waals surface area contributed by atoms with Gasteiger partial charge in [-0.2, -0.15) is 0 Å². The molecule has 0 aliphatic heterocycles. The van der Waals surface area contributed by atoms with E-state index < -0.39 is 15.6 Å². The highest BCUT2D eigenvalue weighted by Crippen LogP contribution is 2.13. The Bertz CT molecular complexity index is 692. The minimum atomic E-state index is -3.45. The zero-order chi connectivity index (χ0) is 14.6. The van der Waals surface area contributed by atoms with E-state index in [0.717, 1.165) is 4.47 Å². The average Bonchev–Trinajstić information content (AvgIpc) is 2.39. The lowest BCUT2D eigenvalue weighted by Crippen LogP contribution is -2.17. The molecule has 0 bridgehead atoms. The van der Waals surface area contributed by atoms with E-state index in [1.807, 2.05) is 6.07 Å². The van der Waals surface area contributed by atoms with Gasteiger partial charge in [-0.15, -0.1) is 0 Å². The van der Waals surface area contributed by atoms with Crippen molar-refractivity contribution in [2.75, 3.05) is 5.75 Å². The quantitative estimate of drug-likeness (QED) is 0.776. The van der Waals surface area contributed by atoms with Crippen molar-refractivity contribution in [3.63, 3.8) is 0 Å². The Hall–Kier alpha value is -1.46. The summed E-state index contributed by atoms with van der Waals surface area (Å²) in [6, 6.07) is 15.5. The fourth-order valence-corrected chi connectivity index (χ4v) is 3.43. The fraction of sp³-hybridized carbons (Fsp3) is 0.133. The van der Waals surface area contributed by atoms with E-state index in [9.17, 15) is 13.2 Å². The van der Waals surface area contributed by atoms with Gasteiger partial charge in [0.05, 0.1) is 5.75 Å². The first-order valence-electron chi connectivity index (χ1n) is 5.99. The number of ketones is 1. The number of hydrogen-bond donors (Lipinski definition) is 0. The van der Waals surface area contributed by atoms with Gasteiger partial charge in [0, 0.05) is 10.0 Å². The van der Waals surface area contributed by atoms with Crippen LogP contribution in [0.3, 0.4) is 0 Å². The smallest absolute Gasteiger partial charge is 0.177 e. The summed E-state index contributed by atoms with van der Waals surface area (Å²) in [5.74, 6) is -0.965. The standard InChI is InChI=1S/C15H13BrO3S/c16-14-8-6-13(7-9-14)15(17)11-20(18,19)10-12-4-2-1-3-5-12/h1-9H,10-11H2. The normalized spacial score (nSPS) is 11.2. The summed E-state index contributed by atoms with van der Waals surface area (Å²) in [7, 11) is -3.45. The van der Waals surface area contributed by atoms with Crippen molar-refractivity contribution in [3.8, 4) is 0 Å². The molecule has 2 aromatic rings. The molecule has 0 atom stereocenters. The van der Waals surface area contributed by atoms with Crippen LogP contribution in [0.25, 0.3) is 0 Å². The van der Waals surface area contributed by atoms with Gasteiger partial charge in [-0.1, -0.05) is 58.4 Å². The molecule has 0 fully saturated rings. The van der Waals surface area contributed by atoms with Crippen LogP contribution in [0.15, 0.2) is 59.1 Å². The molecule has 0 radical (unpaired) electrons. The van der Waals surface area contributed by atoms with Gasteiger partial charge in [-0.05, 0) is 17.7 Å². The van der Waals surface area contributed by atoms with Gasteiger partial charge in [-0.25, -0.2) is 8.42 Å². The third-order valence-electron chi connectivity index (χ3n) is 2.75. The van der Waals surface area contributed by atoms with E-state index in [2.05, 4.69) is 15.9 Å². The molecule has 0 N–H and O–H groups in total. The molecule has 0 aliphatic carbocycles. The zero-order valence-electron chi connectivity index (χ0n) is 10.6. The van der Waals surface area contributed by atoms with Crippen molar-refractivity contribution >= 4 is 31.6 Å². The molecule has 0 amide bonds. The number of Topliss-reactive ketones (excluding diaryl/α,β-unsaturated/α-hetero) is 1. The number of carbonyl (C=O) groups excluding carboxylic acids is 1. The third kappa shape index (κ3) is 4.28. The largest absolute Gasteiger partial charge is 0.293 e. The zero-order valence-corrected chi connectivity index (χ0v) is 13.0. The molecule has 20 heavy (non-hydrogen) atoms. The maximum absolute atomic E-state index is 12.0. The molecule has 0 unspecified atom stereocenters. The van der Waals surface area contributed by atoms with E-state index in [1.165, 1.54) is 0 Å². The maximum atomic E-state index is 12.0. The van der Waals surface area contributed by atoms with Crippen LogP contribution < -0.4 is 0 Å². The van der Waals surface area contributed by atoms with Crippen molar-refractivity contribution in [1.29, 1.82) is 0 Å². The lowest BCUT2D eigenvalue weighted by molar-refractivity contribution is 0.102. The highest BCUT2D eigenvalue weighted by molar-refractivity contribution is 9.10. The van der Waals surface area contributed by atoms with Gasteiger partial charge in [0.25, 0.3) is 0 Å². The Morgan fingerprint density at radius 2 is 1.55 bits per heavy atom. The number of benzene rings is 2. The van der Waals surface area contributed by atoms with Crippen molar-refractivity contribution in [2.45, 2.75) is 5.75 Å². The number of hydrogen-bond acceptors (Lipinski definition) is 3. The summed E-state index contributed by atoms with van der Waals surface area (Å²) in [6.07, 6.45) is 0. The first kappa shape index (κ1) is 14.9. The average molecular weight is 353 g/mol. The van der Waals surface area contributed by atoms with Crippen LogP contribution in [0, 0.1) is 0 Å². The Kier molecular flexibility index (Phi) is 4.73. The summed E-state index contributed by atoms with van der Waals surface area (Å²) in [4.78, 5) is 12.0. The van der Waals surface area contributed by atoms with Crippen LogP contribution in [0.2, 0.25) is 0 Å². The molecular weight excluding hydrogens is 340 g/mol. The minimum Gasteiger partial charge on any atom is -0.293 e. The Morgan fingerprint density at radius 3 is 2.15 bits per heavy atom. The molecule has 104 valence electrons. The van der Waals surface area contributed by atoms with E-state index in [0.29, 0.717) is 11.1 Å². The van der Waals surface area contributed by atoms with Crippen LogP contribution in [0.4, 0.5) is 0 Å². The van der Waals surface area contributed by atoms with Gasteiger partial charge >= 0.3 is 0 Å². The number of rotatable bonds is 5. The van der Waals surface area contributed by atoms with Crippen LogP contribution in [-0.2, 0) is 15.6 Å². The minimum absolute atomic E-state index is 0.115. The van der Waals surface area contributed by atoms with E-state index in [-0.39, 0.29) is 11.5 Å². The lowest BCUT2D eigenvalue weighted by atomic mass is 10.2. The second kappa shape index (κ2) is 6.33. The predicted molar refractivity (Wildman–Crippen MR) is 82.4 cm³/mol. The van der Waals surface area contributed by atoms with Gasteiger partial charge in [0.1, 0.15) is 5.75 Å². The summed E-state index contributed by atoms with van der Waals surface area (Å²) < 4.78 is 24.9. The highest BCUT2D eigenvalue weighted by Gasteiger charge is 2.18. The van der Waals surface area contributed by atoms with Crippen LogP contribution in [0.1, 0.15) is 15.9 Å². The van der Waals surface area contributed by atoms with Gasteiger partial charge in [0.15, 0.2) is 15.6 Å². The van der Waals surface area contributed by atoms with E-state index in [4.69, 9.17) is 0 Å². The van der Waals surface area contributed by atoms with Crippen LogP contribution in [-0.4, -0.2) is 20.0 Å². The molecule has 0 saturated carbocycles. The molecule has 2 aromatic carbocycles. The van der Waals surface area contributed by atoms with Gasteiger partial charge < -0.3 is 0 Å². The second-order valence-corrected chi connectivity index (χ2v) is 7.43. The Labute approximate surface area is 126 Å². The van der Waals surface area contributed by atoms with E-state index >= 15 is 0 Å². The topological polar surface area (TPSA) is 51.2 Å². The van der Waals surface area contributed by atoms with Gasteiger partial charge in [0.2, 0.25) is 0 Å². The monoisotopic (exact) mass is 352 g/mol. The maximum Gasteiger partial charge on any atom is 0.177 e. The molecule has 0 aromatic heterocycles. The molecule has 0 spiro atoms. The molecule has 3 nitrogen and oxygen atoms in total.